The Morgan fingerprint density at radius 1 is 1.13 bits per heavy atom. The van der Waals surface area contributed by atoms with Gasteiger partial charge >= 0.3 is 5.97 Å². The fourth-order valence-corrected chi connectivity index (χ4v) is 4.71. The summed E-state index contributed by atoms with van der Waals surface area (Å²) in [6, 6.07) is 11.4. The molecule has 1 saturated heterocycles. The van der Waals surface area contributed by atoms with E-state index in [1.165, 1.54) is 23.5 Å². The third-order valence-electron chi connectivity index (χ3n) is 4.94. The molecule has 0 aromatic heterocycles. The number of hydrogen-bond donors (Lipinski definition) is 1. The van der Waals surface area contributed by atoms with Crippen LogP contribution in [0.2, 0.25) is 0 Å². The van der Waals surface area contributed by atoms with Crippen LogP contribution in [0.3, 0.4) is 0 Å². The molecule has 0 aliphatic carbocycles. The Kier molecular flexibility index (Phi) is 7.24. The van der Waals surface area contributed by atoms with Gasteiger partial charge in [-0.05, 0) is 49.2 Å². The Morgan fingerprint density at radius 2 is 1.81 bits per heavy atom. The van der Waals surface area contributed by atoms with Gasteiger partial charge in [-0.15, -0.1) is 0 Å². The lowest BCUT2D eigenvalue weighted by Gasteiger charge is -2.30. The molecular weight excluding hydrogens is 427 g/mol. The first-order valence-corrected chi connectivity index (χ1v) is 11.1. The second-order valence-electron chi connectivity index (χ2n) is 7.02. The molecule has 1 fully saturated rings. The van der Waals surface area contributed by atoms with Crippen LogP contribution >= 0.6 is 0 Å². The second-order valence-corrected chi connectivity index (χ2v) is 8.96. The molecule has 31 heavy (non-hydrogen) atoms. The van der Waals surface area contributed by atoms with Gasteiger partial charge in [-0.3, -0.25) is 9.59 Å². The topological polar surface area (TPSA) is 102 Å². The first-order chi connectivity index (χ1) is 14.8. The summed E-state index contributed by atoms with van der Waals surface area (Å²) in [4.78, 5) is 24.3. The van der Waals surface area contributed by atoms with Gasteiger partial charge in [0.1, 0.15) is 11.6 Å². The normalized spacial score (nSPS) is 15.3. The van der Waals surface area contributed by atoms with Crippen molar-refractivity contribution in [2.75, 3.05) is 32.1 Å². The van der Waals surface area contributed by atoms with E-state index in [-0.39, 0.29) is 30.8 Å². The van der Waals surface area contributed by atoms with Crippen LogP contribution in [-0.2, 0) is 24.3 Å². The number of ether oxygens (including phenoxy) is 2. The maximum absolute atomic E-state index is 13.0. The molecule has 0 bridgehead atoms. The summed E-state index contributed by atoms with van der Waals surface area (Å²) in [5.41, 5.74) is 0.514. The first kappa shape index (κ1) is 22.7. The van der Waals surface area contributed by atoms with Crippen LogP contribution < -0.4 is 10.1 Å². The fourth-order valence-electron chi connectivity index (χ4n) is 3.24. The second kappa shape index (κ2) is 9.88. The lowest BCUT2D eigenvalue weighted by molar-refractivity contribution is -0.152. The van der Waals surface area contributed by atoms with Crippen LogP contribution in [0.15, 0.2) is 53.4 Å². The number of amides is 1. The highest BCUT2D eigenvalue weighted by atomic mass is 32.2. The van der Waals surface area contributed by atoms with Crippen LogP contribution in [0.1, 0.15) is 12.8 Å². The quantitative estimate of drug-likeness (QED) is 0.650. The van der Waals surface area contributed by atoms with Crippen LogP contribution in [0.4, 0.5) is 10.1 Å². The highest BCUT2D eigenvalue weighted by Gasteiger charge is 2.33. The standard InChI is InChI=1S/C21H23FN2O6S/c1-29-18-4-2-3-17(13-18)23-20(25)14-30-21(26)15-9-11-24(12-10-15)31(27,28)19-7-5-16(22)6-8-19/h2-8,13,15H,9-12,14H2,1H3,(H,23,25). The van der Waals surface area contributed by atoms with E-state index >= 15 is 0 Å². The summed E-state index contributed by atoms with van der Waals surface area (Å²) in [6.07, 6.45) is 0.549. The van der Waals surface area contributed by atoms with Gasteiger partial charge in [-0.25, -0.2) is 12.8 Å². The van der Waals surface area contributed by atoms with Crippen molar-refractivity contribution in [3.63, 3.8) is 0 Å². The smallest absolute Gasteiger partial charge is 0.309 e. The van der Waals surface area contributed by atoms with Crippen molar-refractivity contribution in [3.05, 3.63) is 54.3 Å². The molecule has 0 radical (unpaired) electrons. The minimum Gasteiger partial charge on any atom is -0.497 e. The average Bonchev–Trinajstić information content (AvgIpc) is 2.78. The summed E-state index contributed by atoms with van der Waals surface area (Å²) in [5, 5.41) is 2.61. The van der Waals surface area contributed by atoms with Crippen molar-refractivity contribution in [2.24, 2.45) is 5.92 Å². The van der Waals surface area contributed by atoms with Gasteiger partial charge in [0, 0.05) is 24.8 Å². The van der Waals surface area contributed by atoms with Crippen LogP contribution in [0.5, 0.6) is 5.75 Å². The van der Waals surface area contributed by atoms with Crippen LogP contribution in [0.25, 0.3) is 0 Å². The summed E-state index contributed by atoms with van der Waals surface area (Å²) in [5.74, 6) is -1.46. The number of carbonyl (C=O) groups is 2. The predicted molar refractivity (Wildman–Crippen MR) is 110 cm³/mol. The highest BCUT2D eigenvalue weighted by Crippen LogP contribution is 2.25. The zero-order valence-electron chi connectivity index (χ0n) is 16.9. The van der Waals surface area contributed by atoms with E-state index < -0.39 is 40.2 Å². The maximum atomic E-state index is 13.0. The molecule has 10 heteroatoms. The number of rotatable bonds is 7. The number of carbonyl (C=O) groups excluding carboxylic acids is 2. The molecular formula is C21H23FN2O6S. The number of benzene rings is 2. The van der Waals surface area contributed by atoms with Gasteiger partial charge in [0.2, 0.25) is 10.0 Å². The zero-order chi connectivity index (χ0) is 22.4. The number of piperidine rings is 1. The fraction of sp³-hybridized carbons (Fsp3) is 0.333. The SMILES string of the molecule is COc1cccc(NC(=O)COC(=O)C2CCN(S(=O)(=O)c3ccc(F)cc3)CC2)c1. The molecule has 3 rings (SSSR count). The van der Waals surface area contributed by atoms with Gasteiger partial charge in [-0.1, -0.05) is 6.07 Å². The Labute approximate surface area is 180 Å². The van der Waals surface area contributed by atoms with Crippen molar-refractivity contribution in [2.45, 2.75) is 17.7 Å². The summed E-state index contributed by atoms with van der Waals surface area (Å²) in [6.45, 7) is -0.172. The lowest BCUT2D eigenvalue weighted by atomic mass is 9.98. The van der Waals surface area contributed by atoms with Gasteiger partial charge in [0.15, 0.2) is 6.61 Å². The van der Waals surface area contributed by atoms with Crippen LogP contribution in [-0.4, -0.2) is 51.4 Å². The van der Waals surface area contributed by atoms with Gasteiger partial charge in [0.05, 0.1) is 17.9 Å². The van der Waals surface area contributed by atoms with E-state index in [2.05, 4.69) is 5.32 Å². The number of halogens is 1. The number of methoxy groups -OCH3 is 1. The molecule has 8 nitrogen and oxygen atoms in total. The molecule has 0 unspecified atom stereocenters. The zero-order valence-corrected chi connectivity index (χ0v) is 17.7. The van der Waals surface area contributed by atoms with Gasteiger partial charge < -0.3 is 14.8 Å². The lowest BCUT2D eigenvalue weighted by Crippen LogP contribution is -2.40. The van der Waals surface area contributed by atoms with Gasteiger partial charge in [0.25, 0.3) is 5.91 Å². The summed E-state index contributed by atoms with van der Waals surface area (Å²) < 4.78 is 49.8. The van der Waals surface area contributed by atoms with E-state index in [0.717, 1.165) is 12.1 Å². The number of nitrogens with one attached hydrogen (secondary N) is 1. The molecule has 2 aromatic carbocycles. The van der Waals surface area contributed by atoms with E-state index in [4.69, 9.17) is 9.47 Å². The van der Waals surface area contributed by atoms with Crippen LogP contribution in [0, 0.1) is 11.7 Å². The largest absolute Gasteiger partial charge is 0.497 e. The third-order valence-corrected chi connectivity index (χ3v) is 6.85. The Balaban J connectivity index is 1.47. The molecule has 1 N–H and O–H groups in total. The molecule has 2 aromatic rings. The monoisotopic (exact) mass is 450 g/mol. The molecule has 166 valence electrons. The van der Waals surface area contributed by atoms with Crippen molar-refractivity contribution in [1.29, 1.82) is 0 Å². The van der Waals surface area contributed by atoms with Crippen molar-refractivity contribution in [1.82, 2.24) is 4.31 Å². The minimum atomic E-state index is -3.75. The molecule has 0 saturated carbocycles. The summed E-state index contributed by atoms with van der Waals surface area (Å²) in [7, 11) is -2.24. The van der Waals surface area contributed by atoms with E-state index in [1.54, 1.807) is 24.3 Å². The highest BCUT2D eigenvalue weighted by molar-refractivity contribution is 7.89. The van der Waals surface area contributed by atoms with Crippen molar-refractivity contribution in [3.8, 4) is 5.75 Å². The van der Waals surface area contributed by atoms with Crippen molar-refractivity contribution < 1.29 is 31.9 Å². The number of esters is 1. The summed E-state index contributed by atoms with van der Waals surface area (Å²) >= 11 is 0. The molecule has 0 atom stereocenters. The predicted octanol–water partition coefficient (Wildman–Crippen LogP) is 2.42. The molecule has 1 amide bonds. The Bertz CT molecular complexity index is 1030. The average molecular weight is 450 g/mol. The number of sulfonamides is 1. The maximum Gasteiger partial charge on any atom is 0.309 e. The molecule has 0 spiro atoms. The number of hydrogen-bond acceptors (Lipinski definition) is 6. The van der Waals surface area contributed by atoms with Crippen molar-refractivity contribution >= 4 is 27.6 Å². The van der Waals surface area contributed by atoms with E-state index in [0.29, 0.717) is 11.4 Å². The number of anilines is 1. The van der Waals surface area contributed by atoms with Gasteiger partial charge in [-0.2, -0.15) is 4.31 Å². The first-order valence-electron chi connectivity index (χ1n) is 9.66. The third kappa shape index (κ3) is 5.80. The Morgan fingerprint density at radius 3 is 2.45 bits per heavy atom. The van der Waals surface area contributed by atoms with E-state index in [1.807, 2.05) is 0 Å². The van der Waals surface area contributed by atoms with E-state index in [9.17, 15) is 22.4 Å². The number of nitrogens with zero attached hydrogens (tertiary/aromatic N) is 1. The molecule has 1 aliphatic rings. The molecule has 1 heterocycles. The Hall–Kier alpha value is -2.98. The minimum absolute atomic E-state index is 0.00383. The molecule has 1 aliphatic heterocycles.